The van der Waals surface area contributed by atoms with Crippen molar-refractivity contribution in [2.45, 2.75) is 290 Å². The molecule has 1 heterocycles. The zero-order valence-corrected chi connectivity index (χ0v) is 69.1. The number of carbonyl (C=O) groups is 12. The first-order valence-electron chi connectivity index (χ1n) is 33.5. The molecule has 1 aliphatic carbocycles. The second-order valence-corrected chi connectivity index (χ2v) is 32.0. The Bertz CT molecular complexity index is 2910. The zero-order chi connectivity index (χ0) is 85.0. The van der Waals surface area contributed by atoms with Gasteiger partial charge in [0.1, 0.15) is 45.3 Å². The highest BCUT2D eigenvalue weighted by atomic mass is 19.1. The Morgan fingerprint density at radius 3 is 1.01 bits per heavy atom. The molecule has 25 nitrogen and oxygen atoms in total. The smallest absolute Gasteiger partial charge is 0.367 e. The highest BCUT2D eigenvalue weighted by Gasteiger charge is 2.34. The van der Waals surface area contributed by atoms with Gasteiger partial charge < -0.3 is 57.2 Å². The summed E-state index contributed by atoms with van der Waals surface area (Å²) in [6, 6.07) is 0. The van der Waals surface area contributed by atoms with Crippen LogP contribution in [0.5, 0.6) is 0 Å². The minimum Gasteiger partial charge on any atom is -0.469 e. The summed E-state index contributed by atoms with van der Waals surface area (Å²) in [5.41, 5.74) is -3.30. The Labute approximate surface area is 626 Å². The third-order valence-electron chi connectivity index (χ3n) is 10.3. The maximum Gasteiger partial charge on any atom is 0.367 e. The third-order valence-corrected chi connectivity index (χ3v) is 10.3. The number of hydrogen-bond donors (Lipinski definition) is 1. The number of ether oxygens (including phenoxy) is 11. The summed E-state index contributed by atoms with van der Waals surface area (Å²) in [5, 5.41) is 8.50. The minimum atomic E-state index is -1.06. The molecule has 1 saturated carbocycles. The average Bonchev–Trinajstić information content (AvgIpc) is 1.68. The summed E-state index contributed by atoms with van der Waals surface area (Å²) in [6.45, 7) is 76.3. The molecule has 0 aromatic carbocycles. The van der Waals surface area contributed by atoms with Crippen LogP contribution < -0.4 is 0 Å². The zero-order valence-electron chi connectivity index (χ0n) is 69.1. The van der Waals surface area contributed by atoms with Crippen LogP contribution in [0.4, 0.5) is 4.39 Å². The van der Waals surface area contributed by atoms with Crippen molar-refractivity contribution in [1.29, 1.82) is 0 Å². The number of aliphatic hydroxyl groups is 1. The van der Waals surface area contributed by atoms with Gasteiger partial charge in [-0.25, -0.2) is 33.6 Å². The van der Waals surface area contributed by atoms with Crippen LogP contribution in [0.25, 0.3) is 0 Å². The fourth-order valence-corrected chi connectivity index (χ4v) is 6.03. The molecule has 1 aliphatic heterocycles. The number of esters is 10. The number of amides is 2. The number of aliphatic hydroxyl groups excluding tert-OH is 1. The van der Waals surface area contributed by atoms with Gasteiger partial charge in [0.25, 0.3) is 11.8 Å². The maximum absolute atomic E-state index is 12.0. The Balaban J connectivity index is -0.000000208. The van der Waals surface area contributed by atoms with E-state index in [1.54, 1.807) is 111 Å². The van der Waals surface area contributed by atoms with Crippen LogP contribution in [0.2, 0.25) is 0 Å². The second-order valence-electron chi connectivity index (χ2n) is 32.0. The second kappa shape index (κ2) is 50.7. The van der Waals surface area contributed by atoms with Gasteiger partial charge in [-0.15, -0.1) is 0 Å². The van der Waals surface area contributed by atoms with E-state index in [0.717, 1.165) is 38.0 Å². The molecular formula is C79H130FNO24. The Morgan fingerprint density at radius 2 is 0.790 bits per heavy atom. The van der Waals surface area contributed by atoms with Gasteiger partial charge in [0.15, 0.2) is 0 Å². The molecule has 2 amide bonds. The SMILES string of the molecule is C=C(C)C(=O)OC(C)(C)C.C=C(CC(=O)OC)C(=O)OC(C)(C)C.C=C(CC(=O)OC1CCCCC1)C(=O)OC(C)(C)C.C=C(CO)C(=O)OC(C)(C)C.C=C(COC)C(=O)OC(C)(C)C.C=C(F)C(=O)OC(C)(C)C.C=CC(=O)OC(C)(C)C.C=COC(=O)C(C)(C)C.CC(C)(C)N1C(=O)C=CC1=O. The minimum absolute atomic E-state index is 0.00712. The molecule has 2 aliphatic rings. The molecule has 0 spiro atoms. The molecule has 602 valence electrons. The lowest BCUT2D eigenvalue weighted by Gasteiger charge is -2.29. The number of imide groups is 1. The lowest BCUT2D eigenvalue weighted by molar-refractivity contribution is -0.155. The van der Waals surface area contributed by atoms with Crippen LogP contribution in [0.3, 0.4) is 0 Å². The van der Waals surface area contributed by atoms with E-state index < -0.39 is 91.8 Å². The van der Waals surface area contributed by atoms with E-state index in [2.05, 4.69) is 66.8 Å². The Morgan fingerprint density at radius 1 is 0.476 bits per heavy atom. The van der Waals surface area contributed by atoms with Crippen LogP contribution in [0, 0.1) is 5.41 Å². The van der Waals surface area contributed by atoms with Crippen LogP contribution in [0.1, 0.15) is 239 Å². The van der Waals surface area contributed by atoms with Crippen LogP contribution >= 0.6 is 0 Å². The van der Waals surface area contributed by atoms with Crippen molar-refractivity contribution in [2.24, 2.45) is 5.41 Å². The predicted molar refractivity (Wildman–Crippen MR) is 402 cm³/mol. The first kappa shape index (κ1) is 110. The van der Waals surface area contributed by atoms with Gasteiger partial charge in [-0.1, -0.05) is 59.1 Å². The molecule has 1 N–H and O–H groups in total. The highest BCUT2D eigenvalue weighted by molar-refractivity contribution is 6.13. The van der Waals surface area contributed by atoms with Crippen molar-refractivity contribution >= 4 is 71.5 Å². The summed E-state index contributed by atoms with van der Waals surface area (Å²) in [7, 11) is 2.76. The lowest BCUT2D eigenvalue weighted by Crippen LogP contribution is -2.45. The molecule has 0 saturated heterocycles. The van der Waals surface area contributed by atoms with Gasteiger partial charge in [-0.05, 0) is 220 Å². The number of methoxy groups -OCH3 is 2. The molecule has 26 heteroatoms. The largest absolute Gasteiger partial charge is 0.469 e. The predicted octanol–water partition coefficient (Wildman–Crippen LogP) is 14.7. The van der Waals surface area contributed by atoms with E-state index in [-0.39, 0.29) is 84.6 Å². The monoisotopic (exact) mass is 1500 g/mol. The molecular weight excluding hydrogens is 1370 g/mol. The summed E-state index contributed by atoms with van der Waals surface area (Å²) < 4.78 is 65.4. The topological polar surface area (TPSA) is 330 Å². The first-order valence-corrected chi connectivity index (χ1v) is 33.5. The molecule has 0 unspecified atom stereocenters. The number of rotatable bonds is 16. The molecule has 0 aromatic heterocycles. The van der Waals surface area contributed by atoms with Gasteiger partial charge >= 0.3 is 59.7 Å². The van der Waals surface area contributed by atoms with Crippen LogP contribution in [-0.2, 0) is 110 Å². The van der Waals surface area contributed by atoms with Crippen molar-refractivity contribution < 1.29 is 119 Å². The molecule has 2 rings (SSSR count). The van der Waals surface area contributed by atoms with Crippen molar-refractivity contribution in [2.75, 3.05) is 27.4 Å². The van der Waals surface area contributed by atoms with E-state index in [0.29, 0.717) is 11.1 Å². The normalized spacial score (nSPS) is 12.6. The first-order chi connectivity index (χ1) is 46.8. The summed E-state index contributed by atoms with van der Waals surface area (Å²) in [5.74, 6) is -6.37. The van der Waals surface area contributed by atoms with E-state index in [1.807, 2.05) is 83.1 Å². The third kappa shape index (κ3) is 72.1. The average molecular weight is 1500 g/mol. The molecule has 1 fully saturated rings. The van der Waals surface area contributed by atoms with Gasteiger partial charge in [-0.3, -0.25) is 28.9 Å². The molecule has 0 bridgehead atoms. The van der Waals surface area contributed by atoms with Crippen molar-refractivity contribution in [3.8, 4) is 0 Å². The van der Waals surface area contributed by atoms with Gasteiger partial charge in [0.05, 0.1) is 56.0 Å². The van der Waals surface area contributed by atoms with Crippen molar-refractivity contribution in [3.63, 3.8) is 0 Å². The lowest BCUT2D eigenvalue weighted by atomic mass is 9.98. The maximum atomic E-state index is 12.0. The summed E-state index contributed by atoms with van der Waals surface area (Å²) in [4.78, 5) is 133. The quantitative estimate of drug-likeness (QED) is 0.0493. The number of hydrogen-bond acceptors (Lipinski definition) is 24. The number of nitrogens with zero attached hydrogens (tertiary/aromatic N) is 1. The summed E-state index contributed by atoms with van der Waals surface area (Å²) >= 11 is 0. The molecule has 0 aromatic rings. The number of carbonyl (C=O) groups excluding carboxylic acids is 12. The van der Waals surface area contributed by atoms with Crippen molar-refractivity contribution in [3.05, 3.63) is 111 Å². The van der Waals surface area contributed by atoms with E-state index in [1.165, 1.54) is 37.7 Å². The molecule has 0 atom stereocenters. The fraction of sp³-hybridized carbons (Fsp3) is 0.620. The highest BCUT2D eigenvalue weighted by Crippen LogP contribution is 2.23. The molecule has 105 heavy (non-hydrogen) atoms. The Hall–Kier alpha value is -8.65. The Kier molecular flexibility index (Phi) is 53.0. The van der Waals surface area contributed by atoms with E-state index in [9.17, 15) is 61.9 Å². The van der Waals surface area contributed by atoms with E-state index >= 15 is 0 Å². The van der Waals surface area contributed by atoms with Crippen LogP contribution in [-0.4, -0.2) is 160 Å². The van der Waals surface area contributed by atoms with Gasteiger partial charge in [0, 0.05) is 47.6 Å². The van der Waals surface area contributed by atoms with E-state index in [4.69, 9.17) is 43.0 Å². The van der Waals surface area contributed by atoms with Gasteiger partial charge in [0.2, 0.25) is 5.83 Å². The molecule has 0 radical (unpaired) electrons. The van der Waals surface area contributed by atoms with Gasteiger partial charge in [-0.2, -0.15) is 4.39 Å². The number of halogens is 1. The standard InChI is InChI=1S/C15H24O4.C10H16O4.C9H16O3.C8H11NO2.C8H14O3.C8H14O2.C7H11FO2.2C7H12O2/c1-11(14(17)19-15(2,3)4)10-13(16)18-12-8-6-5-7-9-12;1-7(6-8(11)13-5)9(12)14-10(2,3)4;1-7(6-11-5)8(10)12-9(2,3)4;1-8(2,3)9-6(10)4-5-7(9)11;1-6(5-9)7(10)11-8(2,3)4;1-6(2)7(9)10-8(3,4)5;1-5(8)6(9)10-7(2,3)4;1-5-9-6(8)7(2,3)4;1-5-6(8)9-7(2,3)4/h12H,1,5-10H2,2-4H3;1,6H2,2-5H3;1,6H2,2-5H3;4-5H,1-3H3;9H,1,5H2,2-4H3;1H2,2-5H3;1H2,2-4H3;2*5H,1H2,2-4H3. The van der Waals surface area contributed by atoms with Crippen molar-refractivity contribution in [1.82, 2.24) is 4.90 Å². The van der Waals surface area contributed by atoms with Crippen LogP contribution in [0.15, 0.2) is 111 Å². The fourth-order valence-electron chi connectivity index (χ4n) is 6.03. The summed E-state index contributed by atoms with van der Waals surface area (Å²) in [6.07, 6.45) is 9.94.